The first-order valence-electron chi connectivity index (χ1n) is 7.60. The van der Waals surface area contributed by atoms with Crippen LogP contribution in [0, 0.1) is 10.8 Å². The summed E-state index contributed by atoms with van der Waals surface area (Å²) in [4.78, 5) is 12.0. The van der Waals surface area contributed by atoms with Crippen molar-refractivity contribution in [1.29, 1.82) is 0 Å². The lowest BCUT2D eigenvalue weighted by atomic mass is 9.63. The largest absolute Gasteiger partial charge is 0.481 e. The van der Waals surface area contributed by atoms with Crippen LogP contribution in [0.3, 0.4) is 0 Å². The highest BCUT2D eigenvalue weighted by Crippen LogP contribution is 2.47. The summed E-state index contributed by atoms with van der Waals surface area (Å²) in [6.45, 7) is 4.50. The van der Waals surface area contributed by atoms with Crippen molar-refractivity contribution >= 4 is 27.4 Å². The van der Waals surface area contributed by atoms with E-state index >= 15 is 0 Å². The first-order chi connectivity index (χ1) is 9.92. The first kappa shape index (κ1) is 14.6. The fourth-order valence-corrected chi connectivity index (χ4v) is 4.37. The monoisotopic (exact) mass is 302 g/mol. The van der Waals surface area contributed by atoms with Gasteiger partial charge in [-0.1, -0.05) is 32.0 Å². The van der Waals surface area contributed by atoms with E-state index in [1.54, 1.807) is 11.3 Å². The maximum Gasteiger partial charge on any atom is 0.309 e. The van der Waals surface area contributed by atoms with Crippen molar-refractivity contribution in [3.05, 3.63) is 35.2 Å². The van der Waals surface area contributed by atoms with Crippen molar-refractivity contribution in [2.24, 2.45) is 10.8 Å². The summed E-state index contributed by atoms with van der Waals surface area (Å²) in [5.41, 5.74) is 0.923. The average molecular weight is 302 g/mol. The van der Waals surface area contributed by atoms with Gasteiger partial charge < -0.3 is 5.11 Å². The minimum atomic E-state index is -0.617. The number of carboxylic acid groups (broad SMARTS) is 1. The Balaban J connectivity index is 1.91. The maximum atomic E-state index is 12.0. The molecule has 2 aromatic rings. The summed E-state index contributed by atoms with van der Waals surface area (Å²) in [7, 11) is 0. The van der Waals surface area contributed by atoms with E-state index in [-0.39, 0.29) is 5.41 Å². The number of benzene rings is 1. The highest BCUT2D eigenvalue weighted by molar-refractivity contribution is 7.17. The van der Waals surface area contributed by atoms with Gasteiger partial charge in [0.15, 0.2) is 0 Å². The molecule has 1 N–H and O–H groups in total. The molecular formula is C18H22O2S. The lowest BCUT2D eigenvalue weighted by molar-refractivity contribution is -0.152. The van der Waals surface area contributed by atoms with Gasteiger partial charge >= 0.3 is 5.97 Å². The second kappa shape index (κ2) is 5.13. The second-order valence-corrected chi connectivity index (χ2v) is 8.09. The molecular weight excluding hydrogens is 280 g/mol. The van der Waals surface area contributed by atoms with Crippen molar-refractivity contribution in [2.45, 2.75) is 46.0 Å². The molecule has 1 fully saturated rings. The number of aliphatic carboxylic acids is 1. The van der Waals surface area contributed by atoms with E-state index in [2.05, 4.69) is 31.4 Å². The van der Waals surface area contributed by atoms with Crippen LogP contribution in [-0.2, 0) is 11.2 Å². The molecule has 0 atom stereocenters. The normalized spacial score (nSPS) is 20.5. The van der Waals surface area contributed by atoms with Crippen LogP contribution in [0.25, 0.3) is 10.1 Å². The molecule has 3 heteroatoms. The third-order valence-corrected chi connectivity index (χ3v) is 6.12. The molecule has 1 aromatic heterocycles. The minimum Gasteiger partial charge on any atom is -0.481 e. The van der Waals surface area contributed by atoms with Gasteiger partial charge in [0.1, 0.15) is 0 Å². The zero-order valence-corrected chi connectivity index (χ0v) is 13.5. The van der Waals surface area contributed by atoms with Gasteiger partial charge in [-0.15, -0.1) is 11.3 Å². The second-order valence-electron chi connectivity index (χ2n) is 7.18. The number of rotatable bonds is 3. The predicted molar refractivity (Wildman–Crippen MR) is 87.8 cm³/mol. The van der Waals surface area contributed by atoms with Crippen molar-refractivity contribution in [3.8, 4) is 0 Å². The Labute approximate surface area is 129 Å². The van der Waals surface area contributed by atoms with E-state index in [1.807, 2.05) is 12.1 Å². The van der Waals surface area contributed by atoms with Crippen LogP contribution in [-0.4, -0.2) is 11.1 Å². The van der Waals surface area contributed by atoms with Crippen LogP contribution in [0.1, 0.15) is 45.1 Å². The Kier molecular flexibility index (Phi) is 3.56. The van der Waals surface area contributed by atoms with Crippen LogP contribution in [0.2, 0.25) is 0 Å². The van der Waals surface area contributed by atoms with Crippen LogP contribution >= 0.6 is 11.3 Å². The molecule has 2 nitrogen and oxygen atoms in total. The quantitative estimate of drug-likeness (QED) is 0.855. The maximum absolute atomic E-state index is 12.0. The molecule has 3 rings (SSSR count). The zero-order valence-electron chi connectivity index (χ0n) is 12.7. The number of carbonyl (C=O) groups is 1. The molecule has 1 aliphatic rings. The molecule has 0 bridgehead atoms. The van der Waals surface area contributed by atoms with E-state index in [4.69, 9.17) is 0 Å². The summed E-state index contributed by atoms with van der Waals surface area (Å²) in [6, 6.07) is 8.30. The van der Waals surface area contributed by atoms with E-state index in [1.165, 1.54) is 15.6 Å². The lowest BCUT2D eigenvalue weighted by Crippen LogP contribution is -2.39. The number of thiophene rings is 1. The number of fused-ring (bicyclic) bond motifs is 1. The van der Waals surface area contributed by atoms with Crippen LogP contribution in [0.4, 0.5) is 0 Å². The lowest BCUT2D eigenvalue weighted by Gasteiger charge is -2.41. The Morgan fingerprint density at radius 1 is 1.19 bits per heavy atom. The zero-order chi connectivity index (χ0) is 15.1. The summed E-state index contributed by atoms with van der Waals surface area (Å²) in [6.07, 6.45) is 4.25. The molecule has 1 aliphatic carbocycles. The van der Waals surface area contributed by atoms with Gasteiger partial charge in [0.05, 0.1) is 5.41 Å². The first-order valence-corrected chi connectivity index (χ1v) is 8.48. The molecule has 0 unspecified atom stereocenters. The highest BCUT2D eigenvalue weighted by atomic mass is 32.1. The van der Waals surface area contributed by atoms with Crippen LogP contribution < -0.4 is 0 Å². The van der Waals surface area contributed by atoms with Gasteiger partial charge in [0.25, 0.3) is 0 Å². The third kappa shape index (κ3) is 2.71. The van der Waals surface area contributed by atoms with Gasteiger partial charge in [-0.05, 0) is 59.9 Å². The van der Waals surface area contributed by atoms with Crippen molar-refractivity contribution in [3.63, 3.8) is 0 Å². The SMILES string of the molecule is CC1(C)CCC(Cc2csc3ccccc23)(C(=O)O)CC1. The molecule has 0 amide bonds. The molecule has 21 heavy (non-hydrogen) atoms. The predicted octanol–water partition coefficient (Wildman–Crippen LogP) is 5.12. The summed E-state index contributed by atoms with van der Waals surface area (Å²) < 4.78 is 1.25. The molecule has 1 aromatic carbocycles. The van der Waals surface area contributed by atoms with E-state index in [0.29, 0.717) is 6.42 Å². The number of carboxylic acids is 1. The van der Waals surface area contributed by atoms with Crippen molar-refractivity contribution in [2.75, 3.05) is 0 Å². The molecule has 0 spiro atoms. The fraction of sp³-hybridized carbons (Fsp3) is 0.500. The average Bonchev–Trinajstić information content (AvgIpc) is 2.84. The molecule has 1 heterocycles. The van der Waals surface area contributed by atoms with Gasteiger partial charge in [0.2, 0.25) is 0 Å². The molecule has 112 valence electrons. The van der Waals surface area contributed by atoms with E-state index in [0.717, 1.165) is 25.7 Å². The summed E-state index contributed by atoms with van der Waals surface area (Å²) in [5.74, 6) is -0.617. The Hall–Kier alpha value is -1.35. The van der Waals surface area contributed by atoms with Gasteiger partial charge in [-0.25, -0.2) is 0 Å². The molecule has 0 radical (unpaired) electrons. The van der Waals surface area contributed by atoms with Gasteiger partial charge in [0, 0.05) is 4.70 Å². The smallest absolute Gasteiger partial charge is 0.309 e. The van der Waals surface area contributed by atoms with Crippen molar-refractivity contribution in [1.82, 2.24) is 0 Å². The Morgan fingerprint density at radius 2 is 1.86 bits per heavy atom. The number of hydrogen-bond acceptors (Lipinski definition) is 2. The van der Waals surface area contributed by atoms with Crippen LogP contribution in [0.15, 0.2) is 29.6 Å². The third-order valence-electron chi connectivity index (χ3n) is 5.10. The van der Waals surface area contributed by atoms with E-state index < -0.39 is 11.4 Å². The summed E-state index contributed by atoms with van der Waals surface area (Å²) >= 11 is 1.72. The molecule has 0 saturated heterocycles. The minimum absolute atomic E-state index is 0.287. The highest BCUT2D eigenvalue weighted by Gasteiger charge is 2.44. The molecule has 0 aliphatic heterocycles. The van der Waals surface area contributed by atoms with Gasteiger partial charge in [-0.2, -0.15) is 0 Å². The van der Waals surface area contributed by atoms with Crippen molar-refractivity contribution < 1.29 is 9.90 Å². The summed E-state index contributed by atoms with van der Waals surface area (Å²) in [5, 5.41) is 13.2. The fourth-order valence-electron chi connectivity index (χ4n) is 3.41. The number of hydrogen-bond donors (Lipinski definition) is 1. The Morgan fingerprint density at radius 3 is 2.52 bits per heavy atom. The van der Waals surface area contributed by atoms with Crippen LogP contribution in [0.5, 0.6) is 0 Å². The molecule has 1 saturated carbocycles. The van der Waals surface area contributed by atoms with E-state index in [9.17, 15) is 9.90 Å². The topological polar surface area (TPSA) is 37.3 Å². The Bertz CT molecular complexity index is 659. The van der Waals surface area contributed by atoms with Gasteiger partial charge in [-0.3, -0.25) is 4.79 Å². The standard InChI is InChI=1S/C18H22O2S/c1-17(2)7-9-18(10-8-17,16(19)20)11-13-12-21-15-6-4-3-5-14(13)15/h3-6,12H,7-11H2,1-2H3,(H,19,20).